The molecule has 0 atom stereocenters. The largest absolute Gasteiger partial charge is 0.467 e. The Morgan fingerprint density at radius 2 is 2.04 bits per heavy atom. The predicted molar refractivity (Wildman–Crippen MR) is 102 cm³/mol. The van der Waals surface area contributed by atoms with Crippen molar-refractivity contribution in [2.75, 3.05) is 36.8 Å². The minimum Gasteiger partial charge on any atom is -0.467 e. The molecule has 28 heavy (non-hydrogen) atoms. The van der Waals surface area contributed by atoms with E-state index >= 15 is 0 Å². The number of piperidine rings is 1. The van der Waals surface area contributed by atoms with Crippen molar-refractivity contribution in [2.45, 2.75) is 33.1 Å². The summed E-state index contributed by atoms with van der Waals surface area (Å²) in [5.41, 5.74) is 0. The normalized spacial score (nSPS) is 14.8. The van der Waals surface area contributed by atoms with Gasteiger partial charge in [0.1, 0.15) is 5.82 Å². The number of nitrogens with zero attached hydrogens (tertiary/aromatic N) is 7. The summed E-state index contributed by atoms with van der Waals surface area (Å²) < 4.78 is 5.12. The van der Waals surface area contributed by atoms with Crippen LogP contribution in [0.3, 0.4) is 0 Å². The van der Waals surface area contributed by atoms with Crippen LogP contribution in [0.1, 0.15) is 32.0 Å². The van der Waals surface area contributed by atoms with Crippen LogP contribution in [-0.2, 0) is 9.63 Å². The first kappa shape index (κ1) is 19.9. The monoisotopic (exact) mass is 387 g/mol. The highest BCUT2D eigenvalue weighted by Gasteiger charge is 2.31. The maximum Gasteiger partial charge on any atom is 0.321 e. The van der Waals surface area contributed by atoms with Crippen molar-refractivity contribution in [1.29, 1.82) is 0 Å². The average Bonchev–Trinajstić information content (AvgIpc) is 2.74. The summed E-state index contributed by atoms with van der Waals surface area (Å²) >= 11 is 0. The molecule has 2 aromatic rings. The van der Waals surface area contributed by atoms with Gasteiger partial charge in [-0.25, -0.2) is 4.98 Å². The van der Waals surface area contributed by atoms with E-state index in [-0.39, 0.29) is 11.8 Å². The van der Waals surface area contributed by atoms with Crippen molar-refractivity contribution in [2.24, 2.45) is 5.92 Å². The molecule has 150 valence electrons. The fourth-order valence-corrected chi connectivity index (χ4v) is 2.99. The maximum atomic E-state index is 13.1. The summed E-state index contributed by atoms with van der Waals surface area (Å²) in [6, 6.07) is 0.294. The fraction of sp³-hybridized carbons (Fsp3) is 0.556. The molecule has 0 N–H and O–H groups in total. The molecule has 0 aromatic carbocycles. The summed E-state index contributed by atoms with van der Waals surface area (Å²) in [6.45, 7) is 5.54. The number of ether oxygens (including phenoxy) is 1. The van der Waals surface area contributed by atoms with Gasteiger partial charge in [0.25, 0.3) is 5.91 Å². The number of hydroxylamine groups is 1. The molecule has 0 radical (unpaired) electrons. The van der Waals surface area contributed by atoms with Gasteiger partial charge in [-0.1, -0.05) is 6.92 Å². The number of aryl methyl sites for hydroxylation is 1. The highest BCUT2D eigenvalue weighted by molar-refractivity contribution is 5.92. The molecular formula is C18H25N7O3. The second kappa shape index (κ2) is 9.36. The van der Waals surface area contributed by atoms with Crippen LogP contribution in [0.25, 0.3) is 0 Å². The van der Waals surface area contributed by atoms with E-state index < -0.39 is 0 Å². The molecular weight excluding hydrogens is 362 g/mol. The molecule has 0 saturated carbocycles. The van der Waals surface area contributed by atoms with Crippen molar-refractivity contribution >= 4 is 17.7 Å². The lowest BCUT2D eigenvalue weighted by Gasteiger charge is -2.33. The molecule has 1 saturated heterocycles. The maximum absolute atomic E-state index is 13.1. The molecule has 1 fully saturated rings. The third-order valence-electron chi connectivity index (χ3n) is 4.41. The lowest BCUT2D eigenvalue weighted by molar-refractivity contribution is -0.130. The van der Waals surface area contributed by atoms with Crippen molar-refractivity contribution in [1.82, 2.24) is 24.9 Å². The molecule has 2 aromatic heterocycles. The summed E-state index contributed by atoms with van der Waals surface area (Å²) in [4.78, 5) is 41.8. The minimum atomic E-state index is -0.167. The van der Waals surface area contributed by atoms with Crippen LogP contribution < -0.4 is 14.7 Å². The van der Waals surface area contributed by atoms with E-state index in [9.17, 15) is 4.79 Å². The first-order chi connectivity index (χ1) is 13.6. The zero-order chi connectivity index (χ0) is 19.9. The zero-order valence-electron chi connectivity index (χ0n) is 16.4. The standard InChI is InChI=1S/C18H25N7O3/c1-4-11-28-25(15-12-19-7-8-20-15)16(26)14-5-9-24(10-6-14)17-21-13(2)22-18(23-17)27-3/h7-8,12,14H,4-6,9-11H2,1-3H3. The van der Waals surface area contributed by atoms with E-state index in [2.05, 4.69) is 24.9 Å². The molecule has 1 amide bonds. The Kier molecular flexibility index (Phi) is 6.64. The third-order valence-corrected chi connectivity index (χ3v) is 4.41. The Labute approximate surface area is 163 Å². The zero-order valence-corrected chi connectivity index (χ0v) is 16.4. The summed E-state index contributed by atoms with van der Waals surface area (Å²) in [5.74, 6) is 1.31. The Bertz CT molecular complexity index is 782. The topological polar surface area (TPSA) is 106 Å². The number of amides is 1. The molecule has 3 heterocycles. The molecule has 1 aliphatic rings. The van der Waals surface area contributed by atoms with Crippen LogP contribution >= 0.6 is 0 Å². The van der Waals surface area contributed by atoms with Gasteiger partial charge in [-0.3, -0.25) is 14.6 Å². The van der Waals surface area contributed by atoms with Gasteiger partial charge < -0.3 is 9.64 Å². The number of rotatable bonds is 7. The van der Waals surface area contributed by atoms with Crippen LogP contribution in [0, 0.1) is 12.8 Å². The quantitative estimate of drug-likeness (QED) is 0.654. The Morgan fingerprint density at radius 1 is 1.25 bits per heavy atom. The van der Waals surface area contributed by atoms with E-state index in [1.54, 1.807) is 19.3 Å². The van der Waals surface area contributed by atoms with Gasteiger partial charge in [0.2, 0.25) is 5.95 Å². The van der Waals surface area contributed by atoms with Gasteiger partial charge in [-0.05, 0) is 26.2 Å². The fourth-order valence-electron chi connectivity index (χ4n) is 2.99. The summed E-state index contributed by atoms with van der Waals surface area (Å²) in [7, 11) is 1.53. The Hall–Kier alpha value is -2.88. The molecule has 0 bridgehead atoms. The van der Waals surface area contributed by atoms with Crippen LogP contribution in [0.2, 0.25) is 0 Å². The van der Waals surface area contributed by atoms with E-state index in [1.165, 1.54) is 18.4 Å². The van der Waals surface area contributed by atoms with Crippen LogP contribution in [0.4, 0.5) is 11.8 Å². The Morgan fingerprint density at radius 3 is 2.68 bits per heavy atom. The first-order valence-electron chi connectivity index (χ1n) is 9.37. The van der Waals surface area contributed by atoms with Gasteiger partial charge in [0, 0.05) is 31.4 Å². The van der Waals surface area contributed by atoms with Gasteiger partial charge in [-0.15, -0.1) is 0 Å². The smallest absolute Gasteiger partial charge is 0.321 e. The second-order valence-electron chi connectivity index (χ2n) is 6.46. The van der Waals surface area contributed by atoms with Crippen molar-refractivity contribution in [3.8, 4) is 6.01 Å². The molecule has 1 aliphatic heterocycles. The number of anilines is 2. The average molecular weight is 387 g/mol. The number of carbonyl (C=O) groups is 1. The predicted octanol–water partition coefficient (Wildman–Crippen LogP) is 1.57. The van der Waals surface area contributed by atoms with Gasteiger partial charge in [-0.2, -0.15) is 20.0 Å². The molecule has 0 unspecified atom stereocenters. The number of methoxy groups -OCH3 is 1. The van der Waals surface area contributed by atoms with Crippen molar-refractivity contribution in [3.63, 3.8) is 0 Å². The SMILES string of the molecule is CCCON(C(=O)C1CCN(c2nc(C)nc(OC)n2)CC1)c1cnccn1. The van der Waals surface area contributed by atoms with Crippen molar-refractivity contribution in [3.05, 3.63) is 24.4 Å². The molecule has 10 nitrogen and oxygen atoms in total. The Balaban J connectivity index is 1.67. The number of carbonyl (C=O) groups excluding carboxylic acids is 1. The highest BCUT2D eigenvalue weighted by Crippen LogP contribution is 2.25. The number of aromatic nitrogens is 5. The second-order valence-corrected chi connectivity index (χ2v) is 6.46. The first-order valence-corrected chi connectivity index (χ1v) is 9.37. The lowest BCUT2D eigenvalue weighted by Crippen LogP contribution is -2.43. The van der Waals surface area contributed by atoms with Gasteiger partial charge in [0.15, 0.2) is 5.82 Å². The summed E-state index contributed by atoms with van der Waals surface area (Å²) in [5, 5.41) is 1.28. The van der Waals surface area contributed by atoms with Crippen LogP contribution in [0.5, 0.6) is 6.01 Å². The minimum absolute atomic E-state index is 0.0991. The number of hydrogen-bond acceptors (Lipinski definition) is 9. The van der Waals surface area contributed by atoms with E-state index in [0.29, 0.717) is 56.1 Å². The highest BCUT2D eigenvalue weighted by atomic mass is 16.7. The third kappa shape index (κ3) is 4.69. The van der Waals surface area contributed by atoms with Crippen LogP contribution in [0.15, 0.2) is 18.6 Å². The van der Waals surface area contributed by atoms with E-state index in [1.807, 2.05) is 11.8 Å². The number of hydrogen-bond donors (Lipinski definition) is 0. The molecule has 0 aliphatic carbocycles. The molecule has 3 rings (SSSR count). The van der Waals surface area contributed by atoms with Gasteiger partial charge in [0.05, 0.1) is 19.9 Å². The lowest BCUT2D eigenvalue weighted by atomic mass is 9.96. The van der Waals surface area contributed by atoms with E-state index in [4.69, 9.17) is 9.57 Å². The molecule has 0 spiro atoms. The van der Waals surface area contributed by atoms with Gasteiger partial charge >= 0.3 is 6.01 Å². The summed E-state index contributed by atoms with van der Waals surface area (Å²) in [6.07, 6.45) is 6.77. The van der Waals surface area contributed by atoms with Crippen LogP contribution in [-0.4, -0.2) is 57.6 Å². The van der Waals surface area contributed by atoms with E-state index in [0.717, 1.165) is 6.42 Å². The van der Waals surface area contributed by atoms with Crippen molar-refractivity contribution < 1.29 is 14.4 Å². The molecule has 10 heteroatoms.